The fraction of sp³-hybridized carbons (Fsp3) is 0.647. The number of hydrogen-bond acceptors (Lipinski definition) is 0. The zero-order valence-corrected chi connectivity index (χ0v) is 11.7. The van der Waals surface area contributed by atoms with Crippen LogP contribution in [0.2, 0.25) is 0 Å². The number of rotatable bonds is 12. The zero-order valence-electron chi connectivity index (χ0n) is 11.7. The molecule has 0 fully saturated rings. The lowest BCUT2D eigenvalue weighted by Gasteiger charge is -2.00. The molecule has 98 valence electrons. The van der Waals surface area contributed by atoms with Crippen molar-refractivity contribution in [2.75, 3.05) is 0 Å². The molecular weight excluding hydrogens is 204 g/mol. The SMILES string of the molecule is C=CC=C/C=C/CCCCCCCCCCC. The lowest BCUT2D eigenvalue weighted by Crippen LogP contribution is -1.80. The van der Waals surface area contributed by atoms with Crippen molar-refractivity contribution in [1.82, 2.24) is 0 Å². The van der Waals surface area contributed by atoms with Crippen molar-refractivity contribution in [3.05, 3.63) is 37.0 Å². The Morgan fingerprint density at radius 1 is 0.706 bits per heavy atom. The maximum atomic E-state index is 3.63. The van der Waals surface area contributed by atoms with E-state index in [4.69, 9.17) is 0 Å². The van der Waals surface area contributed by atoms with Gasteiger partial charge in [0.2, 0.25) is 0 Å². The van der Waals surface area contributed by atoms with Crippen LogP contribution >= 0.6 is 0 Å². The van der Waals surface area contributed by atoms with E-state index in [1.807, 2.05) is 18.2 Å². The molecule has 0 rings (SSSR count). The van der Waals surface area contributed by atoms with Crippen LogP contribution in [0.3, 0.4) is 0 Å². The molecule has 0 N–H and O–H groups in total. The van der Waals surface area contributed by atoms with Crippen LogP contribution in [0.15, 0.2) is 37.0 Å². The maximum Gasteiger partial charge on any atom is -0.0348 e. The minimum absolute atomic E-state index is 1.22. The Labute approximate surface area is 109 Å². The smallest absolute Gasteiger partial charge is 0.0348 e. The summed E-state index contributed by atoms with van der Waals surface area (Å²) in [6.45, 7) is 5.91. The first-order valence-electron chi connectivity index (χ1n) is 7.36. The van der Waals surface area contributed by atoms with E-state index in [9.17, 15) is 0 Å². The summed E-state index contributed by atoms with van der Waals surface area (Å²) in [5, 5.41) is 0. The standard InChI is InChI=1S/C17H30/c1-3-5-7-9-11-13-15-17-16-14-12-10-8-6-4-2/h3,5,7,9,11H,1,4,6,8,10,12-17H2,2H3/b7-5?,11-9+. The zero-order chi connectivity index (χ0) is 12.6. The lowest BCUT2D eigenvalue weighted by atomic mass is 10.1. The highest BCUT2D eigenvalue weighted by molar-refractivity contribution is 5.08. The molecule has 0 amide bonds. The molecular formula is C17H30. The Bertz CT molecular complexity index is 198. The van der Waals surface area contributed by atoms with Crippen molar-refractivity contribution >= 4 is 0 Å². The molecule has 0 nitrogen and oxygen atoms in total. The Kier molecular flexibility index (Phi) is 14.5. The molecule has 17 heavy (non-hydrogen) atoms. The molecule has 0 aliphatic rings. The minimum atomic E-state index is 1.22. The van der Waals surface area contributed by atoms with Crippen molar-refractivity contribution in [2.24, 2.45) is 0 Å². The minimum Gasteiger partial charge on any atom is -0.0991 e. The monoisotopic (exact) mass is 234 g/mol. The average molecular weight is 234 g/mol. The van der Waals surface area contributed by atoms with Gasteiger partial charge in [-0.3, -0.25) is 0 Å². The molecule has 0 aliphatic heterocycles. The highest BCUT2D eigenvalue weighted by atomic mass is 14.0. The molecule has 0 spiro atoms. The van der Waals surface area contributed by atoms with Gasteiger partial charge in [0.15, 0.2) is 0 Å². The summed E-state index contributed by atoms with van der Waals surface area (Å²) >= 11 is 0. The van der Waals surface area contributed by atoms with E-state index in [2.05, 4.69) is 25.7 Å². The second-order valence-electron chi connectivity index (χ2n) is 4.67. The van der Waals surface area contributed by atoms with E-state index in [1.54, 1.807) is 0 Å². The molecule has 0 radical (unpaired) electrons. The fourth-order valence-corrected chi connectivity index (χ4v) is 1.89. The van der Waals surface area contributed by atoms with Gasteiger partial charge in [0.1, 0.15) is 0 Å². The first kappa shape index (κ1) is 16.2. The molecule has 0 unspecified atom stereocenters. The van der Waals surface area contributed by atoms with Crippen LogP contribution in [0.4, 0.5) is 0 Å². The summed E-state index contributed by atoms with van der Waals surface area (Å²) in [5.74, 6) is 0. The third-order valence-electron chi connectivity index (χ3n) is 2.97. The van der Waals surface area contributed by atoms with E-state index in [-0.39, 0.29) is 0 Å². The van der Waals surface area contributed by atoms with Crippen LogP contribution < -0.4 is 0 Å². The van der Waals surface area contributed by atoms with Gasteiger partial charge < -0.3 is 0 Å². The van der Waals surface area contributed by atoms with E-state index in [1.165, 1.54) is 64.2 Å². The lowest BCUT2D eigenvalue weighted by molar-refractivity contribution is 0.566. The van der Waals surface area contributed by atoms with Crippen molar-refractivity contribution in [1.29, 1.82) is 0 Å². The second-order valence-corrected chi connectivity index (χ2v) is 4.67. The number of allylic oxidation sites excluding steroid dienone is 5. The van der Waals surface area contributed by atoms with Gasteiger partial charge in [0, 0.05) is 0 Å². The first-order chi connectivity index (χ1) is 8.41. The van der Waals surface area contributed by atoms with Crippen LogP contribution in [0.5, 0.6) is 0 Å². The van der Waals surface area contributed by atoms with Gasteiger partial charge in [-0.05, 0) is 12.8 Å². The van der Waals surface area contributed by atoms with Crippen LogP contribution in [0, 0.1) is 0 Å². The Balaban J connectivity index is 3.05. The fourth-order valence-electron chi connectivity index (χ4n) is 1.89. The molecule has 0 aromatic carbocycles. The summed E-state index contributed by atoms with van der Waals surface area (Å²) in [6.07, 6.45) is 24.1. The summed E-state index contributed by atoms with van der Waals surface area (Å²) in [5.41, 5.74) is 0. The van der Waals surface area contributed by atoms with Crippen LogP contribution in [0.1, 0.15) is 71.1 Å². The Morgan fingerprint density at radius 3 is 1.88 bits per heavy atom. The van der Waals surface area contributed by atoms with E-state index < -0.39 is 0 Å². The predicted octanol–water partition coefficient (Wildman–Crippen LogP) is 6.21. The third kappa shape index (κ3) is 15.2. The average Bonchev–Trinajstić information content (AvgIpc) is 2.35. The quantitative estimate of drug-likeness (QED) is 0.278. The van der Waals surface area contributed by atoms with Crippen LogP contribution in [0.25, 0.3) is 0 Å². The summed E-state index contributed by atoms with van der Waals surface area (Å²) in [7, 11) is 0. The van der Waals surface area contributed by atoms with Crippen molar-refractivity contribution in [3.63, 3.8) is 0 Å². The van der Waals surface area contributed by atoms with Gasteiger partial charge in [-0.2, -0.15) is 0 Å². The normalized spacial score (nSPS) is 11.6. The van der Waals surface area contributed by atoms with Crippen molar-refractivity contribution in [2.45, 2.75) is 71.1 Å². The van der Waals surface area contributed by atoms with Gasteiger partial charge in [-0.1, -0.05) is 95.2 Å². The Morgan fingerprint density at radius 2 is 1.29 bits per heavy atom. The van der Waals surface area contributed by atoms with Gasteiger partial charge in [-0.15, -0.1) is 0 Å². The molecule has 0 heterocycles. The summed E-state index contributed by atoms with van der Waals surface area (Å²) in [6, 6.07) is 0. The second kappa shape index (κ2) is 15.2. The number of unbranched alkanes of at least 4 members (excludes halogenated alkanes) is 9. The summed E-state index contributed by atoms with van der Waals surface area (Å²) < 4.78 is 0. The highest BCUT2D eigenvalue weighted by Crippen LogP contribution is 2.10. The molecule has 0 aliphatic carbocycles. The topological polar surface area (TPSA) is 0 Å². The van der Waals surface area contributed by atoms with Gasteiger partial charge in [-0.25, -0.2) is 0 Å². The maximum absolute atomic E-state index is 3.63. The molecule has 0 heteroatoms. The van der Waals surface area contributed by atoms with Gasteiger partial charge in [0.05, 0.1) is 0 Å². The van der Waals surface area contributed by atoms with Crippen LogP contribution in [-0.4, -0.2) is 0 Å². The van der Waals surface area contributed by atoms with Crippen molar-refractivity contribution in [3.8, 4) is 0 Å². The first-order valence-corrected chi connectivity index (χ1v) is 7.36. The third-order valence-corrected chi connectivity index (χ3v) is 2.97. The van der Waals surface area contributed by atoms with Crippen LogP contribution in [-0.2, 0) is 0 Å². The van der Waals surface area contributed by atoms with Crippen molar-refractivity contribution < 1.29 is 0 Å². The largest absolute Gasteiger partial charge is 0.0991 e. The molecule has 0 bridgehead atoms. The van der Waals surface area contributed by atoms with Gasteiger partial charge in [0.25, 0.3) is 0 Å². The van der Waals surface area contributed by atoms with E-state index in [0.29, 0.717) is 0 Å². The number of hydrogen-bond donors (Lipinski definition) is 0. The summed E-state index contributed by atoms with van der Waals surface area (Å²) in [4.78, 5) is 0. The van der Waals surface area contributed by atoms with E-state index in [0.717, 1.165) is 0 Å². The molecule has 0 saturated carbocycles. The van der Waals surface area contributed by atoms with E-state index >= 15 is 0 Å². The predicted molar refractivity (Wildman–Crippen MR) is 80.3 cm³/mol. The molecule has 0 atom stereocenters. The molecule has 0 aromatic rings. The Hall–Kier alpha value is -0.780. The molecule has 0 aromatic heterocycles. The highest BCUT2D eigenvalue weighted by Gasteiger charge is 1.90. The molecule has 0 saturated heterocycles. The van der Waals surface area contributed by atoms with Gasteiger partial charge >= 0.3 is 0 Å².